The monoisotopic (exact) mass is 507 g/mol. The zero-order valence-electron chi connectivity index (χ0n) is 20.7. The van der Waals surface area contributed by atoms with Crippen LogP contribution in [-0.4, -0.2) is 44.2 Å². The van der Waals surface area contributed by atoms with Crippen molar-refractivity contribution in [2.75, 3.05) is 18.8 Å². The molecule has 3 heterocycles. The van der Waals surface area contributed by atoms with Crippen LogP contribution in [0, 0.1) is 11.8 Å². The molecule has 2 aromatic carbocycles. The summed E-state index contributed by atoms with van der Waals surface area (Å²) in [6.07, 6.45) is 1.40. The van der Waals surface area contributed by atoms with Gasteiger partial charge in [-0.25, -0.2) is 19.2 Å². The van der Waals surface area contributed by atoms with Crippen molar-refractivity contribution in [2.24, 2.45) is 0 Å². The average molecular weight is 508 g/mol. The van der Waals surface area contributed by atoms with E-state index in [1.54, 1.807) is 62.1 Å². The van der Waals surface area contributed by atoms with E-state index >= 15 is 4.39 Å². The second-order valence-electron chi connectivity index (χ2n) is 9.95. The first-order valence-corrected chi connectivity index (χ1v) is 11.9. The lowest BCUT2D eigenvalue weighted by atomic mass is 10.1. The van der Waals surface area contributed by atoms with Crippen molar-refractivity contribution >= 4 is 22.9 Å². The molecule has 0 saturated carbocycles. The highest BCUT2D eigenvalue weighted by Crippen LogP contribution is 2.40. The van der Waals surface area contributed by atoms with Gasteiger partial charge in [0.2, 0.25) is 5.95 Å². The Balaban J connectivity index is 1.48. The molecule has 5 rings (SSSR count). The van der Waals surface area contributed by atoms with E-state index in [-0.39, 0.29) is 24.0 Å². The molecule has 0 bridgehead atoms. The van der Waals surface area contributed by atoms with Gasteiger partial charge in [0, 0.05) is 24.7 Å². The molecular formula is C27H27F2N5O3. The molecular weight excluding hydrogens is 480 g/mol. The van der Waals surface area contributed by atoms with E-state index in [2.05, 4.69) is 9.97 Å². The van der Waals surface area contributed by atoms with Crippen LogP contribution in [0.3, 0.4) is 0 Å². The summed E-state index contributed by atoms with van der Waals surface area (Å²) in [5.41, 5.74) is 6.74. The van der Waals surface area contributed by atoms with Gasteiger partial charge >= 0.3 is 6.09 Å². The van der Waals surface area contributed by atoms with E-state index in [1.165, 1.54) is 23.0 Å². The fourth-order valence-corrected chi connectivity index (χ4v) is 4.53. The number of fused-ring (bicyclic) bond motifs is 1. The number of ether oxygens (including phenoxy) is 2. The van der Waals surface area contributed by atoms with Crippen molar-refractivity contribution in [3.05, 3.63) is 66.6 Å². The molecule has 0 radical (unpaired) electrons. The number of carbonyl (C=O) groups excluding carboxylic acids is 1. The smallest absolute Gasteiger partial charge is 0.410 e. The summed E-state index contributed by atoms with van der Waals surface area (Å²) in [4.78, 5) is 22.6. The maximum Gasteiger partial charge on any atom is 0.410 e. The van der Waals surface area contributed by atoms with Crippen molar-refractivity contribution in [1.82, 2.24) is 19.4 Å². The van der Waals surface area contributed by atoms with Crippen molar-refractivity contribution in [1.29, 1.82) is 0 Å². The third kappa shape index (κ3) is 4.91. The number of amides is 1. The summed E-state index contributed by atoms with van der Waals surface area (Å²) in [5, 5.41) is 0.398. The number of nitrogens with two attached hydrogens (primary N) is 1. The predicted octanol–water partition coefficient (Wildman–Crippen LogP) is 5.93. The van der Waals surface area contributed by atoms with Gasteiger partial charge in [-0.2, -0.15) is 4.39 Å². The SMILES string of the molecule is CC(C)(C)OC(=O)N1CCC(n2c(F)c(-c3ccc(Oc4cccc(F)c4)cc3)c3c(N)ncnc32)C1. The number of aromatic nitrogens is 3. The molecule has 8 nitrogen and oxygen atoms in total. The van der Waals surface area contributed by atoms with Gasteiger partial charge in [0.1, 0.15) is 40.7 Å². The first kappa shape index (κ1) is 24.5. The Kier molecular flexibility index (Phi) is 6.18. The van der Waals surface area contributed by atoms with Gasteiger partial charge in [0.05, 0.1) is 11.4 Å². The number of anilines is 1. The number of benzene rings is 2. The van der Waals surface area contributed by atoms with Crippen LogP contribution >= 0.6 is 0 Å². The molecule has 2 N–H and O–H groups in total. The molecule has 10 heteroatoms. The molecule has 1 fully saturated rings. The average Bonchev–Trinajstić information content (AvgIpc) is 3.42. The minimum Gasteiger partial charge on any atom is -0.457 e. The van der Waals surface area contributed by atoms with Crippen LogP contribution in [-0.2, 0) is 4.74 Å². The number of nitrogens with zero attached hydrogens (tertiary/aromatic N) is 4. The summed E-state index contributed by atoms with van der Waals surface area (Å²) in [7, 11) is 0. The molecule has 1 aliphatic heterocycles. The fourth-order valence-electron chi connectivity index (χ4n) is 4.53. The van der Waals surface area contributed by atoms with E-state index in [0.29, 0.717) is 41.1 Å². The Morgan fingerprint density at radius 3 is 2.54 bits per heavy atom. The maximum absolute atomic E-state index is 16.1. The number of carbonyl (C=O) groups is 1. The van der Waals surface area contributed by atoms with Crippen LogP contribution in [0.25, 0.3) is 22.2 Å². The maximum atomic E-state index is 16.1. The van der Waals surface area contributed by atoms with Gasteiger partial charge in [-0.05, 0) is 57.0 Å². The summed E-state index contributed by atoms with van der Waals surface area (Å²) < 4.78 is 42.3. The highest BCUT2D eigenvalue weighted by Gasteiger charge is 2.34. The number of nitrogen functional groups attached to an aromatic ring is 1. The lowest BCUT2D eigenvalue weighted by Gasteiger charge is -2.24. The minimum atomic E-state index is -0.625. The topological polar surface area (TPSA) is 95.5 Å². The third-order valence-corrected chi connectivity index (χ3v) is 6.11. The Morgan fingerprint density at radius 2 is 1.84 bits per heavy atom. The Bertz CT molecular complexity index is 1460. The minimum absolute atomic E-state index is 0.153. The van der Waals surface area contributed by atoms with Crippen LogP contribution in [0.2, 0.25) is 0 Å². The second-order valence-corrected chi connectivity index (χ2v) is 9.95. The van der Waals surface area contributed by atoms with Crippen LogP contribution < -0.4 is 10.5 Å². The Morgan fingerprint density at radius 1 is 1.08 bits per heavy atom. The first-order chi connectivity index (χ1) is 17.6. The van der Waals surface area contributed by atoms with Crippen molar-refractivity contribution in [3.8, 4) is 22.6 Å². The van der Waals surface area contributed by atoms with E-state index in [0.717, 1.165) is 0 Å². The number of halogens is 2. The molecule has 1 aliphatic rings. The Labute approximate surface area is 212 Å². The van der Waals surface area contributed by atoms with Crippen molar-refractivity contribution in [2.45, 2.75) is 38.8 Å². The zero-order valence-corrected chi connectivity index (χ0v) is 20.7. The second kappa shape index (κ2) is 9.34. The first-order valence-electron chi connectivity index (χ1n) is 11.9. The van der Waals surface area contributed by atoms with E-state index < -0.39 is 23.5 Å². The number of likely N-dealkylation sites (tertiary alicyclic amines) is 1. The zero-order chi connectivity index (χ0) is 26.3. The van der Waals surface area contributed by atoms with Gasteiger partial charge in [0.15, 0.2) is 0 Å². The van der Waals surface area contributed by atoms with Gasteiger partial charge in [-0.15, -0.1) is 0 Å². The number of rotatable bonds is 4. The molecule has 1 atom stereocenters. The molecule has 1 saturated heterocycles. The van der Waals surface area contributed by atoms with E-state index in [1.807, 2.05) is 0 Å². The Hall–Kier alpha value is -4.21. The van der Waals surface area contributed by atoms with Crippen LogP contribution in [0.5, 0.6) is 11.5 Å². The molecule has 37 heavy (non-hydrogen) atoms. The van der Waals surface area contributed by atoms with Gasteiger partial charge in [-0.3, -0.25) is 4.57 Å². The lowest BCUT2D eigenvalue weighted by molar-refractivity contribution is 0.0288. The highest BCUT2D eigenvalue weighted by molar-refractivity contribution is 6.01. The normalized spacial score (nSPS) is 15.8. The summed E-state index contributed by atoms with van der Waals surface area (Å²) >= 11 is 0. The van der Waals surface area contributed by atoms with E-state index in [9.17, 15) is 9.18 Å². The molecule has 0 spiro atoms. The van der Waals surface area contributed by atoms with Crippen LogP contribution in [0.1, 0.15) is 33.2 Å². The van der Waals surface area contributed by atoms with Crippen molar-refractivity contribution < 1.29 is 23.0 Å². The lowest BCUT2D eigenvalue weighted by Crippen LogP contribution is -2.35. The van der Waals surface area contributed by atoms with Gasteiger partial charge in [0.25, 0.3) is 0 Å². The van der Waals surface area contributed by atoms with Crippen molar-refractivity contribution in [3.63, 3.8) is 0 Å². The molecule has 192 valence electrons. The molecule has 1 unspecified atom stereocenters. The van der Waals surface area contributed by atoms with Gasteiger partial charge in [-0.1, -0.05) is 18.2 Å². The number of hydrogen-bond donors (Lipinski definition) is 1. The largest absolute Gasteiger partial charge is 0.457 e. The number of hydrogen-bond acceptors (Lipinski definition) is 6. The van der Waals surface area contributed by atoms with Crippen LogP contribution in [0.4, 0.5) is 19.4 Å². The molecule has 4 aromatic rings. The van der Waals surface area contributed by atoms with E-state index in [4.69, 9.17) is 15.2 Å². The molecule has 0 aliphatic carbocycles. The molecule has 1 amide bonds. The third-order valence-electron chi connectivity index (χ3n) is 6.11. The molecule has 2 aromatic heterocycles. The van der Waals surface area contributed by atoms with Gasteiger partial charge < -0.3 is 20.1 Å². The van der Waals surface area contributed by atoms with Crippen LogP contribution in [0.15, 0.2) is 54.9 Å². The standard InChI is InChI=1S/C27H27F2N5O3/c1-27(2,3)37-26(35)33-12-11-18(14-33)34-23(29)21(22-24(30)31-15-32-25(22)34)16-7-9-19(10-8-16)36-20-6-4-5-17(28)13-20/h4-10,13,15,18H,11-12,14H2,1-3H3,(H2,30,31,32). The highest BCUT2D eigenvalue weighted by atomic mass is 19.1. The summed E-state index contributed by atoms with van der Waals surface area (Å²) in [6, 6.07) is 12.2. The fraction of sp³-hybridized carbons (Fsp3) is 0.296. The quantitative estimate of drug-likeness (QED) is 0.368. The predicted molar refractivity (Wildman–Crippen MR) is 135 cm³/mol. The summed E-state index contributed by atoms with van der Waals surface area (Å²) in [6.45, 7) is 6.12. The summed E-state index contributed by atoms with van der Waals surface area (Å²) in [5.74, 6) is 0.0452.